The maximum Gasteiger partial charge on any atom is 0.0340 e. The van der Waals surface area contributed by atoms with Crippen molar-refractivity contribution < 1.29 is 0 Å². The molecular weight excluding hydrogens is 86.1 g/mol. The van der Waals surface area contributed by atoms with Gasteiger partial charge in [-0.3, -0.25) is 0 Å². The van der Waals surface area contributed by atoms with Gasteiger partial charge < -0.3 is 5.73 Å². The molecule has 1 saturated carbocycles. The molecule has 0 radical (unpaired) electrons. The number of hydrogen-bond donors (Lipinski definition) is 1. The van der Waals surface area contributed by atoms with Crippen molar-refractivity contribution in [2.45, 2.75) is 25.3 Å². The molecule has 0 aromatic rings. The van der Waals surface area contributed by atoms with E-state index in [2.05, 4.69) is 6.08 Å². The summed E-state index contributed by atoms with van der Waals surface area (Å²) in [6, 6.07) is 0. The fraction of sp³-hybridized carbons (Fsp3) is 0.667. The molecule has 0 spiro atoms. The largest absolute Gasteiger partial charge is 0.322 e. The van der Waals surface area contributed by atoms with Crippen molar-refractivity contribution in [3.8, 4) is 0 Å². The van der Waals surface area contributed by atoms with Crippen LogP contribution in [0.15, 0.2) is 12.2 Å². The number of hydrogen-bond acceptors (Lipinski definition) is 1. The Kier molecular flexibility index (Phi) is 0.927. The molecule has 1 aliphatic rings. The first kappa shape index (κ1) is 4.85. The van der Waals surface area contributed by atoms with Crippen LogP contribution >= 0.6 is 0 Å². The summed E-state index contributed by atoms with van der Waals surface area (Å²) < 4.78 is 0. The summed E-state index contributed by atoms with van der Waals surface area (Å²) in [7, 11) is 0. The van der Waals surface area contributed by atoms with Crippen molar-refractivity contribution in [3.63, 3.8) is 0 Å². The molecule has 0 aliphatic heterocycles. The topological polar surface area (TPSA) is 26.0 Å². The van der Waals surface area contributed by atoms with Gasteiger partial charge in [0.2, 0.25) is 0 Å². The molecule has 0 unspecified atom stereocenters. The van der Waals surface area contributed by atoms with Gasteiger partial charge in [0.05, 0.1) is 0 Å². The van der Waals surface area contributed by atoms with Gasteiger partial charge in [0.1, 0.15) is 0 Å². The Hall–Kier alpha value is -0.300. The fourth-order valence-electron chi connectivity index (χ4n) is 0.643. The van der Waals surface area contributed by atoms with Crippen molar-refractivity contribution in [1.29, 1.82) is 0 Å². The van der Waals surface area contributed by atoms with Crippen LogP contribution in [0.2, 0.25) is 0 Å². The van der Waals surface area contributed by atoms with Crippen LogP contribution in [-0.4, -0.2) is 5.54 Å². The molecule has 0 aromatic heterocycles. The van der Waals surface area contributed by atoms with E-state index >= 15 is 0 Å². The first-order valence-corrected chi connectivity index (χ1v) is 2.70. The van der Waals surface area contributed by atoms with Crippen molar-refractivity contribution in [3.05, 3.63) is 12.2 Å². The zero-order valence-electron chi connectivity index (χ0n) is 4.65. The monoisotopic (exact) mass is 97.1 g/mol. The molecule has 1 rings (SSSR count). The third-order valence-corrected chi connectivity index (χ3v) is 1.33. The molecule has 0 amide bonds. The Morgan fingerprint density at radius 1 is 1.57 bits per heavy atom. The molecule has 7 heavy (non-hydrogen) atoms. The van der Waals surface area contributed by atoms with Gasteiger partial charge in [0.25, 0.3) is 0 Å². The quantitative estimate of drug-likeness (QED) is 0.486. The zero-order valence-corrected chi connectivity index (χ0v) is 4.65. The molecule has 0 aromatic carbocycles. The predicted molar refractivity (Wildman–Crippen MR) is 31.0 cm³/mol. The van der Waals surface area contributed by atoms with Gasteiger partial charge >= 0.3 is 0 Å². The first-order chi connectivity index (χ1) is 3.27. The highest BCUT2D eigenvalue weighted by Gasteiger charge is 2.34. The van der Waals surface area contributed by atoms with E-state index in [0.29, 0.717) is 0 Å². The second-order valence-electron chi connectivity index (χ2n) is 2.23. The van der Waals surface area contributed by atoms with Gasteiger partial charge in [-0.2, -0.15) is 0 Å². The summed E-state index contributed by atoms with van der Waals surface area (Å²) in [6.45, 7) is 2.01. The third kappa shape index (κ3) is 1.03. The van der Waals surface area contributed by atoms with E-state index in [1.54, 1.807) is 0 Å². The Balaban J connectivity index is 2.40. The van der Waals surface area contributed by atoms with Gasteiger partial charge in [-0.05, 0) is 19.8 Å². The lowest BCUT2D eigenvalue weighted by atomic mass is 10.3. The van der Waals surface area contributed by atoms with E-state index < -0.39 is 0 Å². The summed E-state index contributed by atoms with van der Waals surface area (Å²) >= 11 is 0. The highest BCUT2D eigenvalue weighted by Crippen LogP contribution is 2.33. The minimum absolute atomic E-state index is 0.120. The molecule has 1 aliphatic carbocycles. The number of nitrogens with two attached hydrogens (primary N) is 1. The molecule has 2 N–H and O–H groups in total. The minimum Gasteiger partial charge on any atom is -0.322 e. The smallest absolute Gasteiger partial charge is 0.0340 e. The Morgan fingerprint density at radius 3 is 2.29 bits per heavy atom. The van der Waals surface area contributed by atoms with Crippen LogP contribution < -0.4 is 5.73 Å². The van der Waals surface area contributed by atoms with Crippen LogP contribution in [0.4, 0.5) is 0 Å². The van der Waals surface area contributed by atoms with E-state index in [-0.39, 0.29) is 5.54 Å². The molecule has 0 bridgehead atoms. The van der Waals surface area contributed by atoms with Crippen molar-refractivity contribution >= 4 is 0 Å². The molecular formula is C6H11N. The minimum atomic E-state index is 0.120. The molecule has 0 atom stereocenters. The lowest BCUT2D eigenvalue weighted by molar-refractivity contribution is 0.854. The van der Waals surface area contributed by atoms with Crippen LogP contribution in [0, 0.1) is 0 Å². The SMILES string of the molecule is CC=CC1(N)CC1. The lowest BCUT2D eigenvalue weighted by Gasteiger charge is -1.94. The van der Waals surface area contributed by atoms with Gasteiger partial charge in [-0.1, -0.05) is 12.2 Å². The van der Waals surface area contributed by atoms with Crippen LogP contribution in [-0.2, 0) is 0 Å². The maximum atomic E-state index is 5.67. The van der Waals surface area contributed by atoms with Crippen LogP contribution in [0.1, 0.15) is 19.8 Å². The molecule has 0 heterocycles. The van der Waals surface area contributed by atoms with E-state index in [0.717, 1.165) is 0 Å². The average molecular weight is 97.2 g/mol. The van der Waals surface area contributed by atoms with Gasteiger partial charge in [-0.25, -0.2) is 0 Å². The molecule has 1 nitrogen and oxygen atoms in total. The lowest BCUT2D eigenvalue weighted by Crippen LogP contribution is -2.17. The van der Waals surface area contributed by atoms with E-state index in [4.69, 9.17) is 5.73 Å². The predicted octanol–water partition coefficient (Wildman–Crippen LogP) is 1.05. The van der Waals surface area contributed by atoms with Gasteiger partial charge in [0, 0.05) is 5.54 Å². The molecule has 0 saturated heterocycles. The average Bonchev–Trinajstić information content (AvgIpc) is 2.22. The molecule has 40 valence electrons. The normalized spacial score (nSPS) is 26.0. The summed E-state index contributed by atoms with van der Waals surface area (Å²) in [5.41, 5.74) is 5.79. The summed E-state index contributed by atoms with van der Waals surface area (Å²) in [6.07, 6.45) is 6.45. The van der Waals surface area contributed by atoms with Crippen molar-refractivity contribution in [2.24, 2.45) is 5.73 Å². The highest BCUT2D eigenvalue weighted by molar-refractivity contribution is 5.13. The van der Waals surface area contributed by atoms with Crippen molar-refractivity contribution in [2.75, 3.05) is 0 Å². The summed E-state index contributed by atoms with van der Waals surface area (Å²) in [5, 5.41) is 0. The standard InChI is InChI=1S/C6H11N/c1-2-3-6(7)4-5-6/h2-3H,4-5,7H2,1H3. The summed E-state index contributed by atoms with van der Waals surface area (Å²) in [5.74, 6) is 0. The van der Waals surface area contributed by atoms with E-state index in [1.807, 2.05) is 13.0 Å². The maximum absolute atomic E-state index is 5.67. The third-order valence-electron chi connectivity index (χ3n) is 1.33. The Morgan fingerprint density at radius 2 is 2.14 bits per heavy atom. The van der Waals surface area contributed by atoms with E-state index in [9.17, 15) is 0 Å². The first-order valence-electron chi connectivity index (χ1n) is 2.70. The number of allylic oxidation sites excluding steroid dienone is 1. The second-order valence-corrected chi connectivity index (χ2v) is 2.23. The van der Waals surface area contributed by atoms with Crippen LogP contribution in [0.3, 0.4) is 0 Å². The Bertz CT molecular complexity index is 90.4. The van der Waals surface area contributed by atoms with Crippen LogP contribution in [0.5, 0.6) is 0 Å². The summed E-state index contributed by atoms with van der Waals surface area (Å²) in [4.78, 5) is 0. The highest BCUT2D eigenvalue weighted by atomic mass is 14.8. The fourth-order valence-corrected chi connectivity index (χ4v) is 0.643. The number of rotatable bonds is 1. The molecule has 1 heteroatoms. The van der Waals surface area contributed by atoms with E-state index in [1.165, 1.54) is 12.8 Å². The second kappa shape index (κ2) is 1.34. The van der Waals surface area contributed by atoms with Crippen molar-refractivity contribution in [1.82, 2.24) is 0 Å². The Labute approximate surface area is 44.2 Å². The zero-order chi connectivity index (χ0) is 5.33. The molecule has 1 fully saturated rings. The van der Waals surface area contributed by atoms with Gasteiger partial charge in [0.15, 0.2) is 0 Å². The van der Waals surface area contributed by atoms with Crippen LogP contribution in [0.25, 0.3) is 0 Å². The van der Waals surface area contributed by atoms with Gasteiger partial charge in [-0.15, -0.1) is 0 Å².